The minimum atomic E-state index is -0.530. The molecule has 0 aliphatic heterocycles. The molecule has 2 nitrogen and oxygen atoms in total. The van der Waals surface area contributed by atoms with Gasteiger partial charge in [0.2, 0.25) is 0 Å². The molecule has 0 aliphatic carbocycles. The third-order valence-electron chi connectivity index (χ3n) is 1.86. The average Bonchev–Trinajstić information content (AvgIpc) is 2.26. The van der Waals surface area contributed by atoms with Crippen molar-refractivity contribution in [2.75, 3.05) is 7.11 Å². The van der Waals surface area contributed by atoms with Crippen LogP contribution in [0.4, 0.5) is 0 Å². The summed E-state index contributed by atoms with van der Waals surface area (Å²) in [7, 11) is 1.63. The van der Waals surface area contributed by atoms with Crippen molar-refractivity contribution >= 4 is 0 Å². The Morgan fingerprint density at radius 2 is 2.00 bits per heavy atom. The predicted octanol–water partition coefficient (Wildman–Crippen LogP) is 1.82. The molecule has 1 N–H and O–H groups in total. The number of hydrogen-bond donors (Lipinski definition) is 1. The van der Waals surface area contributed by atoms with Crippen LogP contribution in [0.2, 0.25) is 0 Å². The molecule has 1 atom stereocenters. The fourth-order valence-corrected chi connectivity index (χ4v) is 0.943. The van der Waals surface area contributed by atoms with Gasteiger partial charge in [-0.3, -0.25) is 0 Å². The minimum Gasteiger partial charge on any atom is -0.497 e. The normalized spacial score (nSPS) is 11.4. The van der Waals surface area contributed by atoms with Gasteiger partial charge in [0.05, 0.1) is 7.11 Å². The van der Waals surface area contributed by atoms with Crippen LogP contribution in [0.3, 0.4) is 0 Å². The molecule has 0 saturated heterocycles. The number of methoxy groups -OCH3 is 1. The molecular weight excluding hydrogens is 176 g/mol. The van der Waals surface area contributed by atoms with Gasteiger partial charge in [-0.15, -0.1) is 0 Å². The maximum Gasteiger partial charge on any atom is 0.118 e. The van der Waals surface area contributed by atoms with E-state index in [1.807, 2.05) is 31.2 Å². The molecule has 74 valence electrons. The summed E-state index contributed by atoms with van der Waals surface area (Å²) in [4.78, 5) is 0. The number of ether oxygens (including phenoxy) is 1. The van der Waals surface area contributed by atoms with Crippen molar-refractivity contribution in [1.82, 2.24) is 0 Å². The highest BCUT2D eigenvalue weighted by Gasteiger charge is 1.92. The Hall–Kier alpha value is -1.46. The monoisotopic (exact) mass is 190 g/mol. The van der Waals surface area contributed by atoms with E-state index in [-0.39, 0.29) is 0 Å². The van der Waals surface area contributed by atoms with Crippen LogP contribution in [-0.2, 0) is 0 Å². The molecule has 0 saturated carbocycles. The first-order valence-electron chi connectivity index (χ1n) is 4.60. The van der Waals surface area contributed by atoms with Gasteiger partial charge in [0.25, 0.3) is 0 Å². The lowest BCUT2D eigenvalue weighted by molar-refractivity contribution is 0.228. The van der Waals surface area contributed by atoms with E-state index in [1.165, 1.54) is 0 Å². The zero-order valence-corrected chi connectivity index (χ0v) is 8.45. The quantitative estimate of drug-likeness (QED) is 0.721. The Labute approximate surface area is 84.5 Å². The molecule has 1 rings (SSSR count). The van der Waals surface area contributed by atoms with Crippen molar-refractivity contribution in [3.63, 3.8) is 0 Å². The molecule has 1 aromatic carbocycles. The summed E-state index contributed by atoms with van der Waals surface area (Å²) in [5.74, 6) is 6.45. The van der Waals surface area contributed by atoms with Gasteiger partial charge in [0.15, 0.2) is 0 Å². The third kappa shape index (κ3) is 3.12. The summed E-state index contributed by atoms with van der Waals surface area (Å²) in [5.41, 5.74) is 0.887. The van der Waals surface area contributed by atoms with Crippen LogP contribution in [0.15, 0.2) is 24.3 Å². The molecule has 0 radical (unpaired) electrons. The zero-order valence-electron chi connectivity index (χ0n) is 8.45. The molecule has 0 bridgehead atoms. The van der Waals surface area contributed by atoms with Gasteiger partial charge >= 0.3 is 0 Å². The minimum absolute atomic E-state index is 0.530. The summed E-state index contributed by atoms with van der Waals surface area (Å²) in [5, 5.41) is 9.22. The first kappa shape index (κ1) is 10.6. The van der Waals surface area contributed by atoms with Crippen LogP contribution in [0.25, 0.3) is 0 Å². The SMILES string of the molecule is CC[C@H](O)C#Cc1ccc(OC)cc1. The van der Waals surface area contributed by atoms with E-state index in [1.54, 1.807) is 7.11 Å². The van der Waals surface area contributed by atoms with Crippen molar-refractivity contribution in [2.24, 2.45) is 0 Å². The summed E-state index contributed by atoms with van der Waals surface area (Å²) in [6.07, 6.45) is 0.125. The second-order valence-corrected chi connectivity index (χ2v) is 2.92. The van der Waals surface area contributed by atoms with Crippen molar-refractivity contribution in [3.8, 4) is 17.6 Å². The lowest BCUT2D eigenvalue weighted by Crippen LogP contribution is -1.98. The Morgan fingerprint density at radius 1 is 1.36 bits per heavy atom. The molecule has 0 aliphatic rings. The standard InChI is InChI=1S/C12H14O2/c1-3-11(13)7-4-10-5-8-12(14-2)9-6-10/h5-6,8-9,11,13H,3H2,1-2H3/t11-/m0/s1. The van der Waals surface area contributed by atoms with Crippen LogP contribution < -0.4 is 4.74 Å². The molecular formula is C12H14O2. The largest absolute Gasteiger partial charge is 0.497 e. The number of benzene rings is 1. The van der Waals surface area contributed by atoms with Crippen LogP contribution in [0, 0.1) is 11.8 Å². The Morgan fingerprint density at radius 3 is 2.50 bits per heavy atom. The van der Waals surface area contributed by atoms with Crippen LogP contribution in [0.1, 0.15) is 18.9 Å². The van der Waals surface area contributed by atoms with Gasteiger partial charge < -0.3 is 9.84 Å². The molecule has 0 spiro atoms. The summed E-state index contributed by atoms with van der Waals surface area (Å²) >= 11 is 0. The second kappa shape index (κ2) is 5.31. The van der Waals surface area contributed by atoms with Gasteiger partial charge in [-0.25, -0.2) is 0 Å². The fourth-order valence-electron chi connectivity index (χ4n) is 0.943. The lowest BCUT2D eigenvalue weighted by Gasteiger charge is -1.98. The van der Waals surface area contributed by atoms with Crippen molar-refractivity contribution in [1.29, 1.82) is 0 Å². The predicted molar refractivity (Wildman–Crippen MR) is 56.2 cm³/mol. The highest BCUT2D eigenvalue weighted by atomic mass is 16.5. The molecule has 0 heterocycles. The first-order valence-corrected chi connectivity index (χ1v) is 4.60. The van der Waals surface area contributed by atoms with Gasteiger partial charge in [0, 0.05) is 5.56 Å². The van der Waals surface area contributed by atoms with E-state index in [2.05, 4.69) is 11.8 Å². The topological polar surface area (TPSA) is 29.5 Å². The first-order chi connectivity index (χ1) is 6.76. The van der Waals surface area contributed by atoms with Crippen molar-refractivity contribution in [3.05, 3.63) is 29.8 Å². The molecule has 1 aromatic rings. The van der Waals surface area contributed by atoms with E-state index in [0.717, 1.165) is 11.3 Å². The second-order valence-electron chi connectivity index (χ2n) is 2.92. The van der Waals surface area contributed by atoms with Crippen LogP contribution >= 0.6 is 0 Å². The van der Waals surface area contributed by atoms with Gasteiger partial charge in [-0.1, -0.05) is 18.8 Å². The molecule has 0 amide bonds. The van der Waals surface area contributed by atoms with Gasteiger partial charge in [-0.2, -0.15) is 0 Å². The number of hydrogen-bond acceptors (Lipinski definition) is 2. The Bertz CT molecular complexity index is 330. The maximum atomic E-state index is 9.22. The van der Waals surface area contributed by atoms with Gasteiger partial charge in [0.1, 0.15) is 11.9 Å². The molecule has 0 fully saturated rings. The van der Waals surface area contributed by atoms with E-state index in [0.29, 0.717) is 6.42 Å². The van der Waals surface area contributed by atoms with Gasteiger partial charge in [-0.05, 0) is 30.7 Å². The number of rotatable bonds is 2. The third-order valence-corrected chi connectivity index (χ3v) is 1.86. The smallest absolute Gasteiger partial charge is 0.118 e. The van der Waals surface area contributed by atoms with Crippen molar-refractivity contribution < 1.29 is 9.84 Å². The Kier molecular flexibility index (Phi) is 4.03. The highest BCUT2D eigenvalue weighted by Crippen LogP contribution is 2.10. The van der Waals surface area contributed by atoms with E-state index >= 15 is 0 Å². The fraction of sp³-hybridized carbons (Fsp3) is 0.333. The highest BCUT2D eigenvalue weighted by molar-refractivity contribution is 5.38. The lowest BCUT2D eigenvalue weighted by atomic mass is 10.2. The molecule has 14 heavy (non-hydrogen) atoms. The maximum absolute atomic E-state index is 9.22. The van der Waals surface area contributed by atoms with Crippen LogP contribution in [0.5, 0.6) is 5.75 Å². The molecule has 2 heteroatoms. The summed E-state index contributed by atoms with van der Waals surface area (Å²) < 4.78 is 5.02. The van der Waals surface area contributed by atoms with E-state index < -0.39 is 6.10 Å². The number of aliphatic hydroxyl groups excluding tert-OH is 1. The zero-order chi connectivity index (χ0) is 10.4. The van der Waals surface area contributed by atoms with E-state index in [4.69, 9.17) is 4.74 Å². The average molecular weight is 190 g/mol. The van der Waals surface area contributed by atoms with Crippen molar-refractivity contribution in [2.45, 2.75) is 19.4 Å². The summed E-state index contributed by atoms with van der Waals surface area (Å²) in [6.45, 7) is 1.90. The van der Waals surface area contributed by atoms with E-state index in [9.17, 15) is 5.11 Å². The molecule has 0 unspecified atom stereocenters. The number of aliphatic hydroxyl groups is 1. The summed E-state index contributed by atoms with van der Waals surface area (Å²) in [6, 6.07) is 7.44. The molecule has 0 aromatic heterocycles. The Balaban J connectivity index is 2.71. The van der Waals surface area contributed by atoms with Crippen LogP contribution in [-0.4, -0.2) is 18.3 Å².